The molecule has 0 aromatic heterocycles. The van der Waals surface area contributed by atoms with E-state index in [0.29, 0.717) is 11.3 Å². The second-order valence-electron chi connectivity index (χ2n) is 3.61. The summed E-state index contributed by atoms with van der Waals surface area (Å²) in [5, 5.41) is 1.94. The standard InChI is InChI=1S/C11H10O3S2/c1-16(13,14)10-4-2-8(3-5-10)9-6-11(12)15-7-9/h2-5,7H,6H2,1H3. The molecule has 1 aromatic rings. The lowest BCUT2D eigenvalue weighted by Crippen LogP contribution is -1.96. The highest BCUT2D eigenvalue weighted by Gasteiger charge is 2.15. The third-order valence-electron chi connectivity index (χ3n) is 2.32. The van der Waals surface area contributed by atoms with Crippen LogP contribution < -0.4 is 0 Å². The van der Waals surface area contributed by atoms with E-state index < -0.39 is 9.84 Å². The van der Waals surface area contributed by atoms with Gasteiger partial charge >= 0.3 is 0 Å². The van der Waals surface area contributed by atoms with E-state index in [1.165, 1.54) is 18.0 Å². The number of carbonyl (C=O) groups excluding carboxylic acids is 1. The van der Waals surface area contributed by atoms with Crippen LogP contribution in [-0.4, -0.2) is 19.8 Å². The van der Waals surface area contributed by atoms with Gasteiger partial charge in [-0.2, -0.15) is 0 Å². The molecule has 0 fully saturated rings. The lowest BCUT2D eigenvalue weighted by molar-refractivity contribution is -0.109. The van der Waals surface area contributed by atoms with E-state index in [0.717, 1.165) is 11.1 Å². The first-order valence-electron chi connectivity index (χ1n) is 4.66. The smallest absolute Gasteiger partial charge is 0.197 e. The highest BCUT2D eigenvalue weighted by Crippen LogP contribution is 2.31. The molecule has 3 nitrogen and oxygen atoms in total. The third kappa shape index (κ3) is 2.36. The molecule has 0 unspecified atom stereocenters. The Hall–Kier alpha value is -1.07. The summed E-state index contributed by atoms with van der Waals surface area (Å²) in [4.78, 5) is 11.4. The van der Waals surface area contributed by atoms with Gasteiger partial charge in [0.05, 0.1) is 4.90 Å². The normalized spacial score (nSPS) is 16.3. The van der Waals surface area contributed by atoms with Gasteiger partial charge in [0.15, 0.2) is 15.0 Å². The Morgan fingerprint density at radius 2 is 1.81 bits per heavy atom. The molecule has 5 heteroatoms. The molecule has 1 heterocycles. The third-order valence-corrected chi connectivity index (χ3v) is 4.26. The van der Waals surface area contributed by atoms with Crippen LogP contribution >= 0.6 is 11.8 Å². The zero-order chi connectivity index (χ0) is 11.8. The molecule has 1 aliphatic rings. The van der Waals surface area contributed by atoms with E-state index >= 15 is 0 Å². The van der Waals surface area contributed by atoms with Crippen molar-refractivity contribution in [1.82, 2.24) is 0 Å². The van der Waals surface area contributed by atoms with Crippen LogP contribution in [0.15, 0.2) is 34.6 Å². The largest absolute Gasteiger partial charge is 0.286 e. The number of benzene rings is 1. The van der Waals surface area contributed by atoms with Crippen molar-refractivity contribution in [3.63, 3.8) is 0 Å². The molecule has 0 N–H and O–H groups in total. The van der Waals surface area contributed by atoms with E-state index in [9.17, 15) is 13.2 Å². The van der Waals surface area contributed by atoms with Crippen molar-refractivity contribution < 1.29 is 13.2 Å². The first kappa shape index (κ1) is 11.4. The summed E-state index contributed by atoms with van der Waals surface area (Å²) in [6, 6.07) is 6.61. The number of sulfone groups is 1. The molecule has 0 saturated carbocycles. The summed E-state index contributed by atoms with van der Waals surface area (Å²) < 4.78 is 22.5. The SMILES string of the molecule is CS(=O)(=O)c1ccc(C2=CSC(=O)C2)cc1. The van der Waals surface area contributed by atoms with Crippen LogP contribution in [0, 0.1) is 0 Å². The van der Waals surface area contributed by atoms with Gasteiger partial charge in [-0.15, -0.1) is 0 Å². The second kappa shape index (κ2) is 4.07. The summed E-state index contributed by atoms with van der Waals surface area (Å²) in [5.74, 6) is 0. The first-order valence-corrected chi connectivity index (χ1v) is 7.43. The highest BCUT2D eigenvalue weighted by molar-refractivity contribution is 8.16. The van der Waals surface area contributed by atoms with Crippen molar-refractivity contribution in [3.8, 4) is 0 Å². The Morgan fingerprint density at radius 3 is 2.25 bits per heavy atom. The van der Waals surface area contributed by atoms with Crippen LogP contribution in [-0.2, 0) is 14.6 Å². The van der Waals surface area contributed by atoms with E-state index in [1.54, 1.807) is 24.3 Å². The van der Waals surface area contributed by atoms with Crippen LogP contribution in [0.5, 0.6) is 0 Å². The summed E-state index contributed by atoms with van der Waals surface area (Å²) in [5.41, 5.74) is 1.86. The fourth-order valence-electron chi connectivity index (χ4n) is 1.46. The van der Waals surface area contributed by atoms with E-state index in [4.69, 9.17) is 0 Å². The van der Waals surface area contributed by atoms with Gasteiger partial charge in [0.2, 0.25) is 0 Å². The van der Waals surface area contributed by atoms with Crippen molar-refractivity contribution in [3.05, 3.63) is 35.2 Å². The minimum Gasteiger partial charge on any atom is -0.286 e. The Bertz CT molecular complexity index is 553. The molecule has 16 heavy (non-hydrogen) atoms. The summed E-state index contributed by atoms with van der Waals surface area (Å²) in [6.07, 6.45) is 1.60. The number of hydrogen-bond acceptors (Lipinski definition) is 4. The minimum absolute atomic E-state index is 0.127. The quantitative estimate of drug-likeness (QED) is 0.811. The number of rotatable bonds is 2. The minimum atomic E-state index is -3.15. The van der Waals surface area contributed by atoms with Gasteiger partial charge in [-0.05, 0) is 28.7 Å². The Labute approximate surface area is 98.5 Å². The van der Waals surface area contributed by atoms with Crippen LogP contribution in [0.25, 0.3) is 5.57 Å². The summed E-state index contributed by atoms with van der Waals surface area (Å²) in [7, 11) is -3.15. The zero-order valence-corrected chi connectivity index (χ0v) is 10.3. The molecule has 0 saturated heterocycles. The zero-order valence-electron chi connectivity index (χ0n) is 8.64. The maximum absolute atomic E-state index is 11.2. The Kier molecular flexibility index (Phi) is 2.90. The number of carbonyl (C=O) groups is 1. The maximum Gasteiger partial charge on any atom is 0.197 e. The Morgan fingerprint density at radius 1 is 1.19 bits per heavy atom. The molecular weight excluding hydrogens is 244 g/mol. The molecule has 1 aliphatic heterocycles. The average molecular weight is 254 g/mol. The lowest BCUT2D eigenvalue weighted by atomic mass is 10.1. The summed E-state index contributed by atoms with van der Waals surface area (Å²) in [6.45, 7) is 0. The van der Waals surface area contributed by atoms with Gasteiger partial charge in [0.25, 0.3) is 0 Å². The second-order valence-corrected chi connectivity index (χ2v) is 6.55. The number of thioether (sulfide) groups is 1. The molecule has 0 aliphatic carbocycles. The fraction of sp³-hybridized carbons (Fsp3) is 0.182. The van der Waals surface area contributed by atoms with Crippen LogP contribution in [0.2, 0.25) is 0 Å². The van der Waals surface area contributed by atoms with Gasteiger partial charge in [0.1, 0.15) is 0 Å². The molecular formula is C11H10O3S2. The topological polar surface area (TPSA) is 51.2 Å². The monoisotopic (exact) mass is 254 g/mol. The van der Waals surface area contributed by atoms with Gasteiger partial charge < -0.3 is 0 Å². The maximum atomic E-state index is 11.2. The van der Waals surface area contributed by atoms with Crippen molar-refractivity contribution >= 4 is 32.3 Å². The molecule has 0 bridgehead atoms. The molecule has 1 aromatic carbocycles. The molecule has 0 atom stereocenters. The van der Waals surface area contributed by atoms with Crippen LogP contribution in [0.1, 0.15) is 12.0 Å². The molecule has 0 spiro atoms. The van der Waals surface area contributed by atoms with E-state index in [-0.39, 0.29) is 5.12 Å². The molecule has 0 radical (unpaired) electrons. The van der Waals surface area contributed by atoms with Gasteiger partial charge in [0, 0.05) is 12.7 Å². The van der Waals surface area contributed by atoms with Crippen LogP contribution in [0.4, 0.5) is 0 Å². The highest BCUT2D eigenvalue weighted by atomic mass is 32.2. The summed E-state index contributed by atoms with van der Waals surface area (Å²) >= 11 is 1.19. The molecule has 0 amide bonds. The predicted molar refractivity (Wildman–Crippen MR) is 64.7 cm³/mol. The fourth-order valence-corrected chi connectivity index (χ4v) is 2.82. The lowest BCUT2D eigenvalue weighted by Gasteiger charge is -2.02. The predicted octanol–water partition coefficient (Wildman–Crippen LogP) is 2.09. The van der Waals surface area contributed by atoms with E-state index in [2.05, 4.69) is 0 Å². The first-order chi connectivity index (χ1) is 7.47. The van der Waals surface area contributed by atoms with Gasteiger partial charge in [-0.25, -0.2) is 8.42 Å². The molecule has 84 valence electrons. The van der Waals surface area contributed by atoms with Crippen LogP contribution in [0.3, 0.4) is 0 Å². The van der Waals surface area contributed by atoms with Crippen molar-refractivity contribution in [1.29, 1.82) is 0 Å². The Balaban J connectivity index is 2.30. The number of hydrogen-bond donors (Lipinski definition) is 0. The van der Waals surface area contributed by atoms with Gasteiger partial charge in [-0.3, -0.25) is 4.79 Å². The number of allylic oxidation sites excluding steroid dienone is 1. The van der Waals surface area contributed by atoms with Crippen molar-refractivity contribution in [2.75, 3.05) is 6.26 Å². The van der Waals surface area contributed by atoms with Crippen molar-refractivity contribution in [2.24, 2.45) is 0 Å². The van der Waals surface area contributed by atoms with Gasteiger partial charge in [-0.1, -0.05) is 23.9 Å². The van der Waals surface area contributed by atoms with Crippen molar-refractivity contribution in [2.45, 2.75) is 11.3 Å². The molecule has 2 rings (SSSR count). The average Bonchev–Trinajstić information content (AvgIpc) is 2.64. The van der Waals surface area contributed by atoms with E-state index in [1.807, 2.05) is 5.41 Å².